The highest BCUT2D eigenvalue weighted by Gasteiger charge is 2.31. The van der Waals surface area contributed by atoms with E-state index in [0.717, 1.165) is 28.0 Å². The Morgan fingerprint density at radius 2 is 0.945 bits per heavy atom. The van der Waals surface area contributed by atoms with Gasteiger partial charge < -0.3 is 4.90 Å². The van der Waals surface area contributed by atoms with Gasteiger partial charge in [-0.1, -0.05) is 146 Å². The molecule has 8 aromatic carbocycles. The number of pyridine rings is 2. The van der Waals surface area contributed by atoms with Crippen molar-refractivity contribution in [3.05, 3.63) is 201 Å². The van der Waals surface area contributed by atoms with Crippen molar-refractivity contribution in [1.29, 1.82) is 0 Å². The van der Waals surface area contributed by atoms with E-state index in [2.05, 4.69) is 185 Å². The molecule has 0 radical (unpaired) electrons. The van der Waals surface area contributed by atoms with Crippen molar-refractivity contribution < 1.29 is 0 Å². The molecule has 10 aromatic rings. The second-order valence-electron chi connectivity index (χ2n) is 14.1. The maximum absolute atomic E-state index is 4.65. The van der Waals surface area contributed by atoms with Crippen molar-refractivity contribution >= 4 is 49.5 Å². The average molecular weight is 700 g/mol. The number of hydrogen-bond donors (Lipinski definition) is 0. The van der Waals surface area contributed by atoms with Crippen LogP contribution in [-0.4, -0.2) is 9.97 Å². The van der Waals surface area contributed by atoms with E-state index in [-0.39, 0.29) is 0 Å². The summed E-state index contributed by atoms with van der Waals surface area (Å²) < 4.78 is 0. The molecule has 0 saturated heterocycles. The first-order chi connectivity index (χ1) is 27.3. The zero-order valence-electron chi connectivity index (χ0n) is 29.9. The fourth-order valence-electron chi connectivity index (χ4n) is 8.84. The quantitative estimate of drug-likeness (QED) is 0.173. The minimum atomic E-state index is 0.957. The molecule has 0 unspecified atom stereocenters. The summed E-state index contributed by atoms with van der Waals surface area (Å²) in [5.74, 6) is 0. The second-order valence-corrected chi connectivity index (χ2v) is 14.1. The molecule has 3 nitrogen and oxygen atoms in total. The average Bonchev–Trinajstić information content (AvgIpc) is 3.59. The summed E-state index contributed by atoms with van der Waals surface area (Å²) in [7, 11) is 0. The number of benzene rings is 8. The Morgan fingerprint density at radius 1 is 0.345 bits per heavy atom. The molecule has 0 N–H and O–H groups in total. The molecule has 1 aliphatic rings. The van der Waals surface area contributed by atoms with Gasteiger partial charge in [0.2, 0.25) is 0 Å². The highest BCUT2D eigenvalue weighted by atomic mass is 15.1. The molecule has 3 heteroatoms. The van der Waals surface area contributed by atoms with Gasteiger partial charge in [0.1, 0.15) is 0 Å². The fourth-order valence-corrected chi connectivity index (χ4v) is 8.84. The molecule has 0 saturated carbocycles. The van der Waals surface area contributed by atoms with Crippen molar-refractivity contribution in [2.45, 2.75) is 0 Å². The molecular weight excluding hydrogens is 667 g/mol. The van der Waals surface area contributed by atoms with Crippen LogP contribution < -0.4 is 4.90 Å². The molecule has 0 fully saturated rings. The van der Waals surface area contributed by atoms with Gasteiger partial charge in [0, 0.05) is 23.5 Å². The first-order valence-corrected chi connectivity index (χ1v) is 18.7. The molecule has 0 spiro atoms. The van der Waals surface area contributed by atoms with Gasteiger partial charge in [0.05, 0.1) is 23.1 Å². The van der Waals surface area contributed by atoms with E-state index >= 15 is 0 Å². The highest BCUT2D eigenvalue weighted by Crippen LogP contribution is 2.58. The van der Waals surface area contributed by atoms with Crippen LogP contribution >= 0.6 is 0 Å². The van der Waals surface area contributed by atoms with Gasteiger partial charge in [-0.15, -0.1) is 0 Å². The summed E-state index contributed by atoms with van der Waals surface area (Å²) in [5.41, 5.74) is 16.7. The van der Waals surface area contributed by atoms with Gasteiger partial charge >= 0.3 is 0 Å². The Hall–Kier alpha value is -7.36. The summed E-state index contributed by atoms with van der Waals surface area (Å²) in [6.07, 6.45) is 5.62. The van der Waals surface area contributed by atoms with Crippen LogP contribution in [0.4, 0.5) is 17.1 Å². The van der Waals surface area contributed by atoms with Crippen LogP contribution in [0.2, 0.25) is 0 Å². The minimum Gasteiger partial charge on any atom is -0.308 e. The van der Waals surface area contributed by atoms with Crippen molar-refractivity contribution in [3.63, 3.8) is 0 Å². The summed E-state index contributed by atoms with van der Waals surface area (Å²) in [6, 6.07) is 65.8. The Bertz CT molecular complexity index is 2970. The van der Waals surface area contributed by atoms with Crippen LogP contribution in [0.25, 0.3) is 88.1 Å². The summed E-state index contributed by atoms with van der Waals surface area (Å²) in [5, 5.41) is 6.19. The largest absolute Gasteiger partial charge is 0.308 e. The predicted octanol–water partition coefficient (Wildman–Crippen LogP) is 14.1. The van der Waals surface area contributed by atoms with Crippen LogP contribution in [0.5, 0.6) is 0 Å². The Labute approximate surface area is 319 Å². The Balaban J connectivity index is 1.12. The van der Waals surface area contributed by atoms with Crippen LogP contribution in [0, 0.1) is 0 Å². The minimum absolute atomic E-state index is 0.957. The second kappa shape index (κ2) is 12.6. The van der Waals surface area contributed by atoms with Crippen molar-refractivity contribution in [3.8, 4) is 55.6 Å². The van der Waals surface area contributed by atoms with Gasteiger partial charge in [-0.2, -0.15) is 0 Å². The number of hydrogen-bond acceptors (Lipinski definition) is 3. The molecule has 2 heterocycles. The van der Waals surface area contributed by atoms with Crippen molar-refractivity contribution in [2.75, 3.05) is 4.90 Å². The van der Waals surface area contributed by atoms with E-state index in [9.17, 15) is 0 Å². The molecule has 1 aliphatic carbocycles. The number of nitrogens with zero attached hydrogens (tertiary/aromatic N) is 3. The third kappa shape index (κ3) is 4.91. The zero-order chi connectivity index (χ0) is 36.3. The van der Waals surface area contributed by atoms with E-state index in [1.165, 1.54) is 77.2 Å². The molecule has 2 aromatic heterocycles. The molecule has 0 bridgehead atoms. The normalized spacial score (nSPS) is 11.6. The number of fused-ring (bicyclic) bond motifs is 5. The highest BCUT2D eigenvalue weighted by molar-refractivity contribution is 6.28. The number of aromatic nitrogens is 2. The lowest BCUT2D eigenvalue weighted by molar-refractivity contribution is 1.23. The number of rotatable bonds is 6. The lowest BCUT2D eigenvalue weighted by Crippen LogP contribution is -2.10. The summed E-state index contributed by atoms with van der Waals surface area (Å²) in [4.78, 5) is 11.4. The Kier molecular flexibility index (Phi) is 7.17. The molecule has 55 heavy (non-hydrogen) atoms. The topological polar surface area (TPSA) is 29.0 Å². The summed E-state index contributed by atoms with van der Waals surface area (Å²) >= 11 is 0. The first-order valence-electron chi connectivity index (χ1n) is 18.7. The molecule has 256 valence electrons. The fraction of sp³-hybridized carbons (Fsp3) is 0. The number of anilines is 3. The third-order valence-corrected chi connectivity index (χ3v) is 11.1. The van der Waals surface area contributed by atoms with E-state index < -0.39 is 0 Å². The van der Waals surface area contributed by atoms with Crippen LogP contribution in [-0.2, 0) is 0 Å². The zero-order valence-corrected chi connectivity index (χ0v) is 29.9. The smallest absolute Gasteiger partial charge is 0.0723 e. The first kappa shape index (κ1) is 31.2. The van der Waals surface area contributed by atoms with Crippen LogP contribution in [0.3, 0.4) is 0 Å². The maximum atomic E-state index is 4.65. The molecule has 0 aliphatic heterocycles. The van der Waals surface area contributed by atoms with Crippen molar-refractivity contribution in [1.82, 2.24) is 9.97 Å². The van der Waals surface area contributed by atoms with E-state index in [0.29, 0.717) is 0 Å². The SMILES string of the molecule is c1ccc(-c2c3c(c(-c4ccccc4)c4ccccc24)-c2ccc(-c4ccc(N(c5cccnc5)c5ccnc6ccccc56)cc4)c4cccc-3c24)cc1. The maximum Gasteiger partial charge on any atom is 0.0723 e. The van der Waals surface area contributed by atoms with Crippen LogP contribution in [0.1, 0.15) is 0 Å². The van der Waals surface area contributed by atoms with E-state index in [1.807, 2.05) is 30.7 Å². The monoisotopic (exact) mass is 699 g/mol. The van der Waals surface area contributed by atoms with E-state index in [1.54, 1.807) is 0 Å². The summed E-state index contributed by atoms with van der Waals surface area (Å²) in [6.45, 7) is 0. The Morgan fingerprint density at radius 3 is 1.62 bits per heavy atom. The predicted molar refractivity (Wildman–Crippen MR) is 230 cm³/mol. The van der Waals surface area contributed by atoms with Gasteiger partial charge in [0.25, 0.3) is 0 Å². The molecule has 0 amide bonds. The lowest BCUT2D eigenvalue weighted by Gasteiger charge is -2.26. The standard InChI is InChI=1S/C52H33N3/c1-3-13-35(14-4-1)48-41-18-7-8-19-42(41)49(36-15-5-2-6-16-36)52-45-29-28-39(40-21-11-22-44(50(40)45)51(48)52)34-24-26-37(27-25-34)55(38-17-12-31-53-33-38)47-30-32-54-46-23-10-9-20-43(46)47/h1-33H. The van der Waals surface area contributed by atoms with Crippen molar-refractivity contribution in [2.24, 2.45) is 0 Å². The molecular formula is C52H33N3. The third-order valence-electron chi connectivity index (χ3n) is 11.1. The lowest BCUT2D eigenvalue weighted by atomic mass is 9.82. The van der Waals surface area contributed by atoms with E-state index in [4.69, 9.17) is 0 Å². The van der Waals surface area contributed by atoms with Crippen LogP contribution in [0.15, 0.2) is 201 Å². The van der Waals surface area contributed by atoms with Gasteiger partial charge in [-0.3, -0.25) is 9.97 Å². The van der Waals surface area contributed by atoms with Gasteiger partial charge in [-0.25, -0.2) is 0 Å². The van der Waals surface area contributed by atoms with Gasteiger partial charge in [-0.05, 0) is 114 Å². The van der Waals surface area contributed by atoms with Gasteiger partial charge in [0.15, 0.2) is 0 Å². The molecule has 0 atom stereocenters. The number of para-hydroxylation sites is 1. The molecule has 11 rings (SSSR count).